The van der Waals surface area contributed by atoms with Crippen LogP contribution < -0.4 is 9.62 Å². The van der Waals surface area contributed by atoms with Crippen LogP contribution >= 0.6 is 0 Å². The molecule has 1 saturated heterocycles. The van der Waals surface area contributed by atoms with Crippen molar-refractivity contribution < 1.29 is 13.5 Å². The van der Waals surface area contributed by atoms with Crippen molar-refractivity contribution in [1.82, 2.24) is 24.4 Å². The topological polar surface area (TPSA) is 116 Å². The number of pyridine rings is 1. The third-order valence-electron chi connectivity index (χ3n) is 7.48. The lowest BCUT2D eigenvalue weighted by molar-refractivity contribution is 0.164. The Kier molecular flexibility index (Phi) is 7.83. The summed E-state index contributed by atoms with van der Waals surface area (Å²) in [6.07, 6.45) is 8.66. The zero-order valence-electron chi connectivity index (χ0n) is 22.6. The number of hydrogen-bond donors (Lipinski definition) is 2. The SMILES string of the molecule is Cc1cc(Nc2ncc3ccn(Cc4cccnc4N(C)S(C)(=O)=O)c3n2)ccc1C1CCN(CCO)CC1. The number of nitrogens with one attached hydrogen (secondary N) is 1. The van der Waals surface area contributed by atoms with Crippen LogP contribution in [0, 0.1) is 6.92 Å². The highest BCUT2D eigenvalue weighted by Crippen LogP contribution is 2.32. The summed E-state index contributed by atoms with van der Waals surface area (Å²) < 4.78 is 27.4. The summed E-state index contributed by atoms with van der Waals surface area (Å²) in [5.41, 5.74) is 5.05. The van der Waals surface area contributed by atoms with Gasteiger partial charge < -0.3 is 19.9 Å². The number of nitrogens with zero attached hydrogens (tertiary/aromatic N) is 6. The molecule has 2 N–H and O–H groups in total. The number of β-amino-alcohol motifs (C(OH)–C–C–N with tert-alkyl or cyclic N) is 1. The molecular weight excluding hydrogens is 514 g/mol. The van der Waals surface area contributed by atoms with E-state index < -0.39 is 10.0 Å². The van der Waals surface area contributed by atoms with Gasteiger partial charge in [0.15, 0.2) is 0 Å². The maximum atomic E-state index is 12.1. The smallest absolute Gasteiger partial charge is 0.233 e. The largest absolute Gasteiger partial charge is 0.395 e. The molecule has 3 aromatic heterocycles. The minimum Gasteiger partial charge on any atom is -0.395 e. The van der Waals surface area contributed by atoms with Gasteiger partial charge in [-0.1, -0.05) is 12.1 Å². The molecule has 1 aromatic carbocycles. The van der Waals surface area contributed by atoms with E-state index in [1.165, 1.54) is 22.5 Å². The van der Waals surface area contributed by atoms with Gasteiger partial charge in [0.2, 0.25) is 16.0 Å². The Bertz CT molecular complexity index is 1560. The quantitative estimate of drug-likeness (QED) is 0.326. The third kappa shape index (κ3) is 6.05. The van der Waals surface area contributed by atoms with Crippen LogP contribution in [0.25, 0.3) is 11.0 Å². The second kappa shape index (κ2) is 11.3. The van der Waals surface area contributed by atoms with E-state index in [-0.39, 0.29) is 6.61 Å². The molecule has 1 fully saturated rings. The van der Waals surface area contributed by atoms with Crippen LogP contribution in [0.4, 0.5) is 17.5 Å². The number of likely N-dealkylation sites (tertiary alicyclic amines) is 1. The Morgan fingerprint density at radius 2 is 1.95 bits per heavy atom. The van der Waals surface area contributed by atoms with E-state index in [0.29, 0.717) is 24.2 Å². The van der Waals surface area contributed by atoms with Gasteiger partial charge in [-0.2, -0.15) is 4.98 Å². The van der Waals surface area contributed by atoms with Gasteiger partial charge in [0, 0.05) is 48.8 Å². The van der Waals surface area contributed by atoms with Crippen molar-refractivity contribution in [2.24, 2.45) is 0 Å². The highest BCUT2D eigenvalue weighted by atomic mass is 32.2. The van der Waals surface area contributed by atoms with E-state index in [2.05, 4.69) is 45.3 Å². The van der Waals surface area contributed by atoms with E-state index in [1.807, 2.05) is 22.9 Å². The summed E-state index contributed by atoms with van der Waals surface area (Å²) in [4.78, 5) is 15.9. The minimum atomic E-state index is -3.45. The first-order valence-electron chi connectivity index (χ1n) is 13.1. The Morgan fingerprint density at radius 3 is 2.67 bits per heavy atom. The second-order valence-electron chi connectivity index (χ2n) is 10.2. The van der Waals surface area contributed by atoms with Gasteiger partial charge in [-0.25, -0.2) is 18.4 Å². The normalized spacial score (nSPS) is 15.1. The van der Waals surface area contributed by atoms with E-state index in [0.717, 1.165) is 61.0 Å². The molecule has 0 bridgehead atoms. The Morgan fingerprint density at radius 1 is 1.15 bits per heavy atom. The molecule has 10 nitrogen and oxygen atoms in total. The number of fused-ring (bicyclic) bond motifs is 1. The van der Waals surface area contributed by atoms with Gasteiger partial charge in [-0.3, -0.25) is 4.31 Å². The summed E-state index contributed by atoms with van der Waals surface area (Å²) in [5, 5.41) is 13.4. The number of sulfonamides is 1. The van der Waals surface area contributed by atoms with Crippen LogP contribution in [-0.2, 0) is 16.6 Å². The highest BCUT2D eigenvalue weighted by Gasteiger charge is 2.22. The molecule has 0 unspecified atom stereocenters. The molecule has 5 rings (SSSR count). The number of hydrogen-bond acceptors (Lipinski definition) is 8. The van der Waals surface area contributed by atoms with Gasteiger partial charge in [-0.15, -0.1) is 0 Å². The van der Waals surface area contributed by atoms with E-state index >= 15 is 0 Å². The molecule has 0 saturated carbocycles. The summed E-state index contributed by atoms with van der Waals surface area (Å²) in [7, 11) is -1.94. The number of aliphatic hydroxyl groups is 1. The summed E-state index contributed by atoms with van der Waals surface area (Å²) >= 11 is 0. The van der Waals surface area contributed by atoms with Gasteiger partial charge in [-0.05, 0) is 74.2 Å². The van der Waals surface area contributed by atoms with Crippen LogP contribution in [0.1, 0.15) is 35.4 Å². The number of aryl methyl sites for hydroxylation is 1. The highest BCUT2D eigenvalue weighted by molar-refractivity contribution is 7.92. The lowest BCUT2D eigenvalue weighted by Gasteiger charge is -2.32. The number of aromatic nitrogens is 4. The van der Waals surface area contributed by atoms with Crippen molar-refractivity contribution in [3.05, 3.63) is 71.7 Å². The zero-order valence-corrected chi connectivity index (χ0v) is 23.4. The lowest BCUT2D eigenvalue weighted by Crippen LogP contribution is -2.35. The summed E-state index contributed by atoms with van der Waals surface area (Å²) in [6, 6.07) is 12.0. The Balaban J connectivity index is 1.34. The molecule has 0 aliphatic carbocycles. The average Bonchev–Trinajstić information content (AvgIpc) is 3.31. The first kappa shape index (κ1) is 27.0. The summed E-state index contributed by atoms with van der Waals surface area (Å²) in [5.74, 6) is 1.42. The molecule has 1 aliphatic heterocycles. The predicted octanol–water partition coefficient (Wildman–Crippen LogP) is 3.49. The van der Waals surface area contributed by atoms with Crippen molar-refractivity contribution in [3.63, 3.8) is 0 Å². The first-order valence-corrected chi connectivity index (χ1v) is 15.0. The van der Waals surface area contributed by atoms with Crippen LogP contribution in [0.3, 0.4) is 0 Å². The molecule has 11 heteroatoms. The average molecular weight is 550 g/mol. The van der Waals surface area contributed by atoms with E-state index in [1.54, 1.807) is 18.5 Å². The second-order valence-corrected chi connectivity index (χ2v) is 12.2. The fraction of sp³-hybridized carbons (Fsp3) is 0.393. The number of benzene rings is 1. The molecule has 4 heterocycles. The van der Waals surface area contributed by atoms with Gasteiger partial charge in [0.25, 0.3) is 0 Å². The van der Waals surface area contributed by atoms with E-state index in [4.69, 9.17) is 4.98 Å². The molecule has 206 valence electrons. The predicted molar refractivity (Wildman–Crippen MR) is 154 cm³/mol. The Hall–Kier alpha value is -3.54. The van der Waals surface area contributed by atoms with E-state index in [9.17, 15) is 13.5 Å². The van der Waals surface area contributed by atoms with Gasteiger partial charge in [0.05, 0.1) is 19.4 Å². The first-order chi connectivity index (χ1) is 18.7. The van der Waals surface area contributed by atoms with Crippen LogP contribution in [0.15, 0.2) is 55.0 Å². The Labute approximate surface area is 229 Å². The van der Waals surface area contributed by atoms with Crippen LogP contribution in [-0.4, -0.2) is 77.5 Å². The molecule has 1 aliphatic rings. The van der Waals surface area contributed by atoms with Gasteiger partial charge >= 0.3 is 0 Å². The number of aliphatic hydroxyl groups excluding tert-OH is 1. The fourth-order valence-corrected chi connectivity index (χ4v) is 5.76. The summed E-state index contributed by atoms with van der Waals surface area (Å²) in [6.45, 7) is 5.56. The molecule has 0 spiro atoms. The van der Waals surface area contributed by atoms with Crippen LogP contribution in [0.2, 0.25) is 0 Å². The monoisotopic (exact) mass is 549 g/mol. The van der Waals surface area contributed by atoms with Crippen molar-refractivity contribution >= 4 is 38.5 Å². The number of rotatable bonds is 9. The van der Waals surface area contributed by atoms with Crippen molar-refractivity contribution in [2.45, 2.75) is 32.2 Å². The lowest BCUT2D eigenvalue weighted by atomic mass is 9.86. The number of piperidine rings is 1. The maximum Gasteiger partial charge on any atom is 0.233 e. The van der Waals surface area contributed by atoms with Crippen molar-refractivity contribution in [3.8, 4) is 0 Å². The molecule has 39 heavy (non-hydrogen) atoms. The van der Waals surface area contributed by atoms with Crippen molar-refractivity contribution in [2.75, 3.05) is 49.2 Å². The molecular formula is C28H35N7O3S. The van der Waals surface area contributed by atoms with Gasteiger partial charge in [0.1, 0.15) is 11.5 Å². The maximum absolute atomic E-state index is 12.1. The zero-order chi connectivity index (χ0) is 27.6. The van der Waals surface area contributed by atoms with Crippen LogP contribution in [0.5, 0.6) is 0 Å². The molecule has 0 radical (unpaired) electrons. The molecule has 0 amide bonds. The molecule has 0 atom stereocenters. The standard InChI is InChI=1S/C28H35N7O3S/c1-20-17-24(6-7-25(20)21-8-12-34(13-9-21)15-16-36)31-28-30-18-22-10-14-35(27(22)32-28)19-23-5-4-11-29-26(23)33(2)39(3,37)38/h4-7,10-11,14,17-18,21,36H,8-9,12-13,15-16,19H2,1-3H3,(H,30,31,32). The fourth-order valence-electron chi connectivity index (χ4n) is 5.29. The van der Waals surface area contributed by atoms with Crippen molar-refractivity contribution in [1.29, 1.82) is 0 Å². The molecule has 4 aromatic rings. The minimum absolute atomic E-state index is 0.216. The number of anilines is 3. The third-order valence-corrected chi connectivity index (χ3v) is 8.64.